The predicted octanol–water partition coefficient (Wildman–Crippen LogP) is 2.59. The number of hydrogen-bond donors (Lipinski definition) is 2. The topological polar surface area (TPSA) is 55.1 Å². The Morgan fingerprint density at radius 3 is 2.53 bits per heavy atom. The van der Waals surface area contributed by atoms with Crippen LogP contribution in [0.5, 0.6) is 0 Å². The van der Waals surface area contributed by atoms with E-state index in [4.69, 9.17) is 5.73 Å². The van der Waals surface area contributed by atoms with Gasteiger partial charge >= 0.3 is 0 Å². The predicted molar refractivity (Wildman–Crippen MR) is 71.7 cm³/mol. The van der Waals surface area contributed by atoms with Crippen molar-refractivity contribution in [3.05, 3.63) is 0 Å². The molecule has 0 aromatic rings. The quantitative estimate of drug-likeness (QED) is 0.577. The Labute approximate surface area is 106 Å². The maximum atomic E-state index is 11.6. The molecule has 0 atom stereocenters. The molecule has 0 bridgehead atoms. The van der Waals surface area contributed by atoms with E-state index in [0.29, 0.717) is 11.8 Å². The Bertz CT molecular complexity index is 224. The van der Waals surface area contributed by atoms with Crippen molar-refractivity contribution in [1.29, 1.82) is 0 Å². The van der Waals surface area contributed by atoms with Crippen LogP contribution in [0.15, 0.2) is 0 Å². The summed E-state index contributed by atoms with van der Waals surface area (Å²) in [5.41, 5.74) is 5.90. The molecular weight excluding hydrogens is 212 g/mol. The van der Waals surface area contributed by atoms with E-state index < -0.39 is 0 Å². The molecule has 0 heterocycles. The Morgan fingerprint density at radius 1 is 1.24 bits per heavy atom. The van der Waals surface area contributed by atoms with Crippen LogP contribution in [-0.4, -0.2) is 19.0 Å². The number of carbonyl (C=O) groups excluding carboxylic acids is 1. The second-order valence-electron chi connectivity index (χ2n) is 5.48. The van der Waals surface area contributed by atoms with E-state index in [1.165, 1.54) is 25.7 Å². The van der Waals surface area contributed by atoms with Crippen LogP contribution in [0.4, 0.5) is 0 Å². The van der Waals surface area contributed by atoms with E-state index in [1.807, 2.05) is 0 Å². The van der Waals surface area contributed by atoms with Gasteiger partial charge in [0.05, 0.1) is 0 Å². The second-order valence-corrected chi connectivity index (χ2v) is 5.48. The number of rotatable bonds is 10. The zero-order valence-corrected chi connectivity index (χ0v) is 11.3. The molecule has 17 heavy (non-hydrogen) atoms. The number of nitrogens with one attached hydrogen (secondary N) is 1. The summed E-state index contributed by atoms with van der Waals surface area (Å²) in [5.74, 6) is 0.236. The van der Waals surface area contributed by atoms with Gasteiger partial charge < -0.3 is 11.1 Å². The van der Waals surface area contributed by atoms with Gasteiger partial charge in [-0.1, -0.05) is 26.2 Å². The summed E-state index contributed by atoms with van der Waals surface area (Å²) >= 11 is 0. The number of unbranched alkanes of at least 4 members (excludes halogenated alkanes) is 3. The van der Waals surface area contributed by atoms with Crippen molar-refractivity contribution in [2.75, 3.05) is 13.1 Å². The highest BCUT2D eigenvalue weighted by molar-refractivity contribution is 5.75. The Kier molecular flexibility index (Phi) is 6.56. The standard InChI is InChI=1S/C14H28N2O/c1-2-8-14(9-10-14)12-16-13(17)7-5-3-4-6-11-15/h2-12,15H2,1H3,(H,16,17). The first-order valence-electron chi connectivity index (χ1n) is 7.19. The molecular formula is C14H28N2O. The molecule has 3 nitrogen and oxygen atoms in total. The monoisotopic (exact) mass is 240 g/mol. The molecule has 0 aliphatic heterocycles. The fourth-order valence-corrected chi connectivity index (χ4v) is 2.38. The summed E-state index contributed by atoms with van der Waals surface area (Å²) in [4.78, 5) is 11.6. The van der Waals surface area contributed by atoms with Crippen molar-refractivity contribution in [3.8, 4) is 0 Å². The number of carbonyl (C=O) groups is 1. The lowest BCUT2D eigenvalue weighted by molar-refractivity contribution is -0.121. The smallest absolute Gasteiger partial charge is 0.220 e. The first-order chi connectivity index (χ1) is 8.22. The summed E-state index contributed by atoms with van der Waals surface area (Å²) in [6.07, 6.45) is 10.2. The summed E-state index contributed by atoms with van der Waals surface area (Å²) in [6, 6.07) is 0. The molecule has 100 valence electrons. The minimum atomic E-state index is 0.236. The van der Waals surface area contributed by atoms with Crippen LogP contribution in [0.2, 0.25) is 0 Å². The van der Waals surface area contributed by atoms with Gasteiger partial charge in [-0.2, -0.15) is 0 Å². The highest BCUT2D eigenvalue weighted by Crippen LogP contribution is 2.48. The van der Waals surface area contributed by atoms with Crippen molar-refractivity contribution in [2.24, 2.45) is 11.1 Å². The first kappa shape index (κ1) is 14.5. The molecule has 0 aromatic heterocycles. The molecule has 1 amide bonds. The fourth-order valence-electron chi connectivity index (χ4n) is 2.38. The van der Waals surface area contributed by atoms with E-state index in [0.717, 1.165) is 38.8 Å². The van der Waals surface area contributed by atoms with Gasteiger partial charge in [0.25, 0.3) is 0 Å². The fraction of sp³-hybridized carbons (Fsp3) is 0.929. The third-order valence-electron chi connectivity index (χ3n) is 3.76. The van der Waals surface area contributed by atoms with Gasteiger partial charge in [-0.05, 0) is 44.1 Å². The zero-order valence-electron chi connectivity index (χ0n) is 11.3. The zero-order chi connectivity index (χ0) is 12.6. The van der Waals surface area contributed by atoms with Crippen LogP contribution in [0, 0.1) is 5.41 Å². The second kappa shape index (κ2) is 7.70. The van der Waals surface area contributed by atoms with Crippen molar-refractivity contribution >= 4 is 5.91 Å². The number of amides is 1. The number of hydrogen-bond acceptors (Lipinski definition) is 2. The molecule has 0 radical (unpaired) electrons. The average Bonchev–Trinajstić information content (AvgIpc) is 3.07. The van der Waals surface area contributed by atoms with Crippen LogP contribution in [0.1, 0.15) is 64.7 Å². The van der Waals surface area contributed by atoms with Gasteiger partial charge in [0.1, 0.15) is 0 Å². The lowest BCUT2D eigenvalue weighted by Gasteiger charge is -2.14. The molecule has 3 heteroatoms. The van der Waals surface area contributed by atoms with Crippen LogP contribution in [0.25, 0.3) is 0 Å². The van der Waals surface area contributed by atoms with E-state index in [-0.39, 0.29) is 5.91 Å². The first-order valence-corrected chi connectivity index (χ1v) is 7.19. The third-order valence-corrected chi connectivity index (χ3v) is 3.76. The lowest BCUT2D eigenvalue weighted by atomic mass is 10.0. The van der Waals surface area contributed by atoms with Crippen molar-refractivity contribution in [1.82, 2.24) is 5.32 Å². The Morgan fingerprint density at radius 2 is 1.94 bits per heavy atom. The normalized spacial score (nSPS) is 16.8. The van der Waals surface area contributed by atoms with Gasteiger partial charge in [-0.15, -0.1) is 0 Å². The molecule has 1 aliphatic carbocycles. The summed E-state index contributed by atoms with van der Waals surface area (Å²) < 4.78 is 0. The minimum Gasteiger partial charge on any atom is -0.356 e. The van der Waals surface area contributed by atoms with Crippen molar-refractivity contribution in [3.63, 3.8) is 0 Å². The molecule has 1 saturated carbocycles. The van der Waals surface area contributed by atoms with Gasteiger partial charge in [-0.25, -0.2) is 0 Å². The largest absolute Gasteiger partial charge is 0.356 e. The molecule has 0 saturated heterocycles. The van der Waals surface area contributed by atoms with Crippen molar-refractivity contribution in [2.45, 2.75) is 64.7 Å². The van der Waals surface area contributed by atoms with Gasteiger partial charge in [-0.3, -0.25) is 4.79 Å². The van der Waals surface area contributed by atoms with Crippen LogP contribution >= 0.6 is 0 Å². The highest BCUT2D eigenvalue weighted by atomic mass is 16.1. The maximum Gasteiger partial charge on any atom is 0.220 e. The molecule has 0 aromatic carbocycles. The molecule has 0 unspecified atom stereocenters. The van der Waals surface area contributed by atoms with Crippen LogP contribution in [0.3, 0.4) is 0 Å². The van der Waals surface area contributed by atoms with Crippen LogP contribution < -0.4 is 11.1 Å². The van der Waals surface area contributed by atoms with Gasteiger partial charge in [0, 0.05) is 13.0 Å². The lowest BCUT2D eigenvalue weighted by Crippen LogP contribution is -2.29. The number of nitrogens with two attached hydrogens (primary N) is 1. The summed E-state index contributed by atoms with van der Waals surface area (Å²) in [5, 5.41) is 3.10. The van der Waals surface area contributed by atoms with Gasteiger partial charge in [0.2, 0.25) is 5.91 Å². The van der Waals surface area contributed by atoms with E-state index in [2.05, 4.69) is 12.2 Å². The molecule has 3 N–H and O–H groups in total. The Hall–Kier alpha value is -0.570. The summed E-state index contributed by atoms with van der Waals surface area (Å²) in [7, 11) is 0. The molecule has 1 rings (SSSR count). The van der Waals surface area contributed by atoms with E-state index in [1.54, 1.807) is 0 Å². The van der Waals surface area contributed by atoms with Crippen LogP contribution in [-0.2, 0) is 4.79 Å². The maximum absolute atomic E-state index is 11.6. The summed E-state index contributed by atoms with van der Waals surface area (Å²) in [6.45, 7) is 3.90. The Balaban J connectivity index is 1.98. The third kappa shape index (κ3) is 6.06. The van der Waals surface area contributed by atoms with Gasteiger partial charge in [0.15, 0.2) is 0 Å². The molecule has 1 fully saturated rings. The molecule has 0 spiro atoms. The SMILES string of the molecule is CCCC1(CNC(=O)CCCCCCN)CC1. The molecule has 1 aliphatic rings. The van der Waals surface area contributed by atoms with E-state index >= 15 is 0 Å². The minimum absolute atomic E-state index is 0.236. The van der Waals surface area contributed by atoms with E-state index in [9.17, 15) is 4.79 Å². The van der Waals surface area contributed by atoms with Crippen molar-refractivity contribution < 1.29 is 4.79 Å². The highest BCUT2D eigenvalue weighted by Gasteiger charge is 2.41. The average molecular weight is 240 g/mol.